The minimum atomic E-state index is -3.15. The molecular weight excluding hydrogens is 428 g/mol. The first kappa shape index (κ1) is 21.7. The Bertz CT molecular complexity index is 918. The van der Waals surface area contributed by atoms with Crippen LogP contribution in [0, 0.1) is 5.82 Å². The Hall–Kier alpha value is -2.59. The largest absolute Gasteiger partial charge is 0.497 e. The Morgan fingerprint density at radius 3 is 2.64 bits per heavy atom. The first-order valence-corrected chi connectivity index (χ1v) is 8.16. The van der Waals surface area contributed by atoms with Crippen LogP contribution >= 0.6 is 23.2 Å². The van der Waals surface area contributed by atoms with Crippen molar-refractivity contribution >= 4 is 29.2 Å². The van der Waals surface area contributed by atoms with E-state index in [0.717, 1.165) is 22.9 Å². The number of carboxylic acid groups (broad SMARTS) is 1. The molecule has 0 saturated heterocycles. The number of nitrogens with zero attached hydrogens (tertiary/aromatic N) is 2. The number of carbonyl (C=O) groups is 1. The predicted molar refractivity (Wildman–Crippen MR) is 93.5 cm³/mol. The lowest BCUT2D eigenvalue weighted by Gasteiger charge is -2.11. The third-order valence-corrected chi connectivity index (χ3v) is 3.97. The van der Waals surface area contributed by atoms with E-state index in [1.807, 2.05) is 0 Å². The minimum Gasteiger partial charge on any atom is -0.497 e. The summed E-state index contributed by atoms with van der Waals surface area (Å²) in [6, 6.07) is 2.06. The molecule has 0 fully saturated rings. The molecule has 1 aromatic carbocycles. The van der Waals surface area contributed by atoms with E-state index in [9.17, 15) is 18.0 Å². The first-order valence-electron chi connectivity index (χ1n) is 7.41. The highest BCUT2D eigenvalue weighted by Gasteiger charge is 2.23. The lowest BCUT2D eigenvalue weighted by molar-refractivity contribution is -0.131. The Labute approximate surface area is 166 Å². The number of aryl methyl sites for hydroxylation is 1. The van der Waals surface area contributed by atoms with Gasteiger partial charge in [0.15, 0.2) is 0 Å². The number of rotatable bonds is 8. The fraction of sp³-hybridized carbons (Fsp3) is 0.250. The Morgan fingerprint density at radius 2 is 2.07 bits per heavy atom. The topological polar surface area (TPSA) is 82.8 Å². The summed E-state index contributed by atoms with van der Waals surface area (Å²) in [6.07, 6.45) is 0.780. The summed E-state index contributed by atoms with van der Waals surface area (Å²) in [7, 11) is 2.54. The summed E-state index contributed by atoms with van der Waals surface area (Å²) in [4.78, 5) is 10.7. The number of methoxy groups -OCH3 is 1. The molecule has 1 aromatic heterocycles. The van der Waals surface area contributed by atoms with Gasteiger partial charge in [0.25, 0.3) is 0 Å². The Morgan fingerprint density at radius 1 is 1.39 bits per heavy atom. The van der Waals surface area contributed by atoms with E-state index in [2.05, 4.69) is 9.84 Å². The highest BCUT2D eigenvalue weighted by atomic mass is 35.5. The third-order valence-electron chi connectivity index (χ3n) is 3.33. The molecule has 0 aliphatic heterocycles. The molecule has 0 unspecified atom stereocenters. The summed E-state index contributed by atoms with van der Waals surface area (Å²) in [5.74, 6) is -2.61. The van der Waals surface area contributed by atoms with Gasteiger partial charge in [0, 0.05) is 12.6 Å². The summed E-state index contributed by atoms with van der Waals surface area (Å²) in [5, 5.41) is 12.2. The van der Waals surface area contributed by atoms with Crippen molar-refractivity contribution in [2.24, 2.45) is 7.05 Å². The molecule has 2 aromatic rings. The number of ether oxygens (including phenoxy) is 3. The molecule has 2 rings (SSSR count). The van der Waals surface area contributed by atoms with Gasteiger partial charge in [0.2, 0.25) is 5.88 Å². The van der Waals surface area contributed by atoms with Gasteiger partial charge in [-0.3, -0.25) is 0 Å². The van der Waals surface area contributed by atoms with Crippen molar-refractivity contribution in [2.45, 2.75) is 6.61 Å². The van der Waals surface area contributed by atoms with Crippen LogP contribution in [0.15, 0.2) is 24.0 Å². The zero-order chi connectivity index (χ0) is 21.0. The van der Waals surface area contributed by atoms with Crippen LogP contribution in [0.1, 0.15) is 0 Å². The standard InChI is InChI=1S/C16H13Cl2F3N2O5/c1-23-15(28-16(20)21)13(18)14(22-23)8-4-11(9(17)5-10(8)19)27-6-7(26-2)3-12(24)25/h3-5,16H,6H2,1-2H3,(H,24,25). The molecular formula is C16H13Cl2F3N2O5. The monoisotopic (exact) mass is 440 g/mol. The number of carboxylic acids is 1. The van der Waals surface area contributed by atoms with Crippen LogP contribution in [0.2, 0.25) is 10.0 Å². The summed E-state index contributed by atoms with van der Waals surface area (Å²) < 4.78 is 54.8. The van der Waals surface area contributed by atoms with Crippen molar-refractivity contribution in [1.29, 1.82) is 0 Å². The van der Waals surface area contributed by atoms with Gasteiger partial charge in [-0.1, -0.05) is 23.2 Å². The van der Waals surface area contributed by atoms with Crippen molar-refractivity contribution in [3.8, 4) is 22.9 Å². The van der Waals surface area contributed by atoms with E-state index in [0.29, 0.717) is 0 Å². The average molecular weight is 441 g/mol. The van der Waals surface area contributed by atoms with Crippen LogP contribution in [0.25, 0.3) is 11.3 Å². The number of aliphatic carboxylic acids is 1. The van der Waals surface area contributed by atoms with Gasteiger partial charge in [-0.05, 0) is 12.1 Å². The maximum Gasteiger partial charge on any atom is 0.388 e. The molecule has 0 atom stereocenters. The molecule has 7 nitrogen and oxygen atoms in total. The van der Waals surface area contributed by atoms with Gasteiger partial charge in [0.05, 0.1) is 18.2 Å². The van der Waals surface area contributed by atoms with Crippen LogP contribution in [0.3, 0.4) is 0 Å². The second-order valence-electron chi connectivity index (χ2n) is 5.17. The van der Waals surface area contributed by atoms with E-state index in [4.69, 9.17) is 37.8 Å². The molecule has 1 heterocycles. The van der Waals surface area contributed by atoms with E-state index in [1.54, 1.807) is 0 Å². The molecule has 0 radical (unpaired) electrons. The number of benzene rings is 1. The van der Waals surface area contributed by atoms with E-state index < -0.39 is 24.3 Å². The van der Waals surface area contributed by atoms with E-state index >= 15 is 0 Å². The third kappa shape index (κ3) is 5.02. The quantitative estimate of drug-likeness (QED) is 0.490. The predicted octanol–water partition coefficient (Wildman–Crippen LogP) is 4.13. The zero-order valence-electron chi connectivity index (χ0n) is 14.4. The normalized spacial score (nSPS) is 11.6. The second kappa shape index (κ2) is 9.07. The van der Waals surface area contributed by atoms with Crippen LogP contribution < -0.4 is 9.47 Å². The zero-order valence-corrected chi connectivity index (χ0v) is 15.9. The van der Waals surface area contributed by atoms with Crippen molar-refractivity contribution in [1.82, 2.24) is 9.78 Å². The van der Waals surface area contributed by atoms with Crippen LogP contribution in [0.4, 0.5) is 13.2 Å². The number of halogens is 5. The van der Waals surface area contributed by atoms with Crippen molar-refractivity contribution in [3.63, 3.8) is 0 Å². The number of hydrogen-bond acceptors (Lipinski definition) is 5. The van der Waals surface area contributed by atoms with Crippen molar-refractivity contribution in [3.05, 3.63) is 39.8 Å². The Kier molecular flexibility index (Phi) is 7.03. The minimum absolute atomic E-state index is 0.0297. The molecule has 28 heavy (non-hydrogen) atoms. The van der Waals surface area contributed by atoms with Gasteiger partial charge in [-0.15, -0.1) is 0 Å². The second-order valence-corrected chi connectivity index (χ2v) is 5.96. The van der Waals surface area contributed by atoms with Crippen LogP contribution in [-0.4, -0.2) is 41.2 Å². The summed E-state index contributed by atoms with van der Waals surface area (Å²) >= 11 is 11.9. The number of hydrogen-bond donors (Lipinski definition) is 1. The van der Waals surface area contributed by atoms with Gasteiger partial charge in [0.1, 0.15) is 34.6 Å². The average Bonchev–Trinajstić information content (AvgIpc) is 2.87. The smallest absolute Gasteiger partial charge is 0.388 e. The summed E-state index contributed by atoms with van der Waals surface area (Å²) in [6.45, 7) is -3.47. The molecule has 1 N–H and O–H groups in total. The van der Waals surface area contributed by atoms with E-state index in [1.165, 1.54) is 14.2 Å². The molecule has 0 bridgehead atoms. The Balaban J connectivity index is 2.40. The maximum atomic E-state index is 14.4. The van der Waals surface area contributed by atoms with Gasteiger partial charge in [-0.2, -0.15) is 13.9 Å². The molecule has 0 spiro atoms. The fourth-order valence-electron chi connectivity index (χ4n) is 2.13. The van der Waals surface area contributed by atoms with Crippen LogP contribution in [0.5, 0.6) is 11.6 Å². The molecule has 0 aliphatic carbocycles. The number of alkyl halides is 2. The van der Waals surface area contributed by atoms with Gasteiger partial charge < -0.3 is 19.3 Å². The lowest BCUT2D eigenvalue weighted by Crippen LogP contribution is -2.06. The first-order chi connectivity index (χ1) is 13.1. The van der Waals surface area contributed by atoms with Gasteiger partial charge in [-0.25, -0.2) is 13.9 Å². The highest BCUT2D eigenvalue weighted by Crippen LogP contribution is 2.39. The fourth-order valence-corrected chi connectivity index (χ4v) is 2.65. The number of aromatic nitrogens is 2. The lowest BCUT2D eigenvalue weighted by atomic mass is 10.1. The van der Waals surface area contributed by atoms with E-state index in [-0.39, 0.29) is 39.4 Å². The maximum absolute atomic E-state index is 14.4. The molecule has 0 saturated carbocycles. The SMILES string of the molecule is COC(=CC(=O)O)COc1cc(-c2nn(C)c(OC(F)F)c2Cl)c(F)cc1Cl. The molecule has 0 amide bonds. The van der Waals surface area contributed by atoms with Crippen molar-refractivity contribution < 1.29 is 37.3 Å². The van der Waals surface area contributed by atoms with Gasteiger partial charge >= 0.3 is 12.6 Å². The molecule has 12 heteroatoms. The molecule has 0 aliphatic rings. The molecule has 152 valence electrons. The van der Waals surface area contributed by atoms with Crippen LogP contribution in [-0.2, 0) is 16.6 Å². The summed E-state index contributed by atoms with van der Waals surface area (Å²) in [5.41, 5.74) is -0.364. The van der Waals surface area contributed by atoms with Crippen molar-refractivity contribution in [2.75, 3.05) is 13.7 Å². The highest BCUT2D eigenvalue weighted by molar-refractivity contribution is 6.34.